The van der Waals surface area contributed by atoms with E-state index in [1.54, 1.807) is 6.07 Å². The molecular formula is C26H21F3N2O4. The molecule has 0 heterocycles. The number of amides is 1. The number of alkyl halides is 3. The number of nitrogens with zero attached hydrogens (tertiary/aromatic N) is 1. The van der Waals surface area contributed by atoms with Gasteiger partial charge in [0.05, 0.1) is 17.2 Å². The summed E-state index contributed by atoms with van der Waals surface area (Å²) in [7, 11) is 0. The number of aliphatic hydroxyl groups is 2. The van der Waals surface area contributed by atoms with Gasteiger partial charge in [0.2, 0.25) is 0 Å². The number of ether oxygens (including phenoxy) is 1. The zero-order valence-electron chi connectivity index (χ0n) is 18.3. The largest absolute Gasteiger partial charge is 0.449 e. The highest BCUT2D eigenvalue weighted by atomic mass is 19.4. The van der Waals surface area contributed by atoms with Crippen LogP contribution < -0.4 is 5.32 Å². The third-order valence-electron chi connectivity index (χ3n) is 5.97. The first-order chi connectivity index (χ1) is 16.7. The molecule has 0 bridgehead atoms. The molecule has 1 aliphatic carbocycles. The summed E-state index contributed by atoms with van der Waals surface area (Å²) in [5.41, 5.74) is 2.06. The van der Waals surface area contributed by atoms with Crippen molar-refractivity contribution < 1.29 is 32.9 Å². The van der Waals surface area contributed by atoms with Crippen LogP contribution in [0.3, 0.4) is 0 Å². The smallest absolute Gasteiger partial charge is 0.416 e. The number of fused-ring (bicyclic) bond motifs is 3. The highest BCUT2D eigenvalue weighted by Crippen LogP contribution is 2.44. The fourth-order valence-corrected chi connectivity index (χ4v) is 4.29. The Labute approximate surface area is 199 Å². The van der Waals surface area contributed by atoms with Gasteiger partial charge in [0, 0.05) is 12.5 Å². The molecule has 4 rings (SSSR count). The molecule has 0 aromatic heterocycles. The number of aliphatic hydroxyl groups excluding tert-OH is 2. The first kappa shape index (κ1) is 24.3. The zero-order chi connectivity index (χ0) is 25.2. The Kier molecular flexibility index (Phi) is 6.78. The van der Waals surface area contributed by atoms with Crippen LogP contribution >= 0.6 is 0 Å². The second-order valence-corrected chi connectivity index (χ2v) is 8.13. The van der Waals surface area contributed by atoms with Gasteiger partial charge in [-0.25, -0.2) is 4.79 Å². The Balaban J connectivity index is 1.38. The second-order valence-electron chi connectivity index (χ2n) is 8.13. The number of halogens is 3. The minimum Gasteiger partial charge on any atom is -0.449 e. The van der Waals surface area contributed by atoms with Crippen LogP contribution in [-0.4, -0.2) is 35.6 Å². The van der Waals surface area contributed by atoms with E-state index in [1.807, 2.05) is 48.5 Å². The van der Waals surface area contributed by atoms with E-state index in [1.165, 1.54) is 0 Å². The van der Waals surface area contributed by atoms with Gasteiger partial charge >= 0.3 is 12.3 Å². The zero-order valence-corrected chi connectivity index (χ0v) is 18.3. The lowest BCUT2D eigenvalue weighted by Crippen LogP contribution is -2.36. The highest BCUT2D eigenvalue weighted by molar-refractivity contribution is 5.79. The maximum atomic E-state index is 13.4. The third-order valence-corrected chi connectivity index (χ3v) is 5.97. The molecule has 1 aliphatic rings. The SMILES string of the molecule is N#Cc1ccc(C(O)C(O)CNC(=O)OCC2c3ccccc3-c3ccccc32)c(C(F)(F)F)c1. The predicted molar refractivity (Wildman–Crippen MR) is 120 cm³/mol. The van der Waals surface area contributed by atoms with E-state index < -0.39 is 42.1 Å². The first-order valence-corrected chi connectivity index (χ1v) is 10.8. The van der Waals surface area contributed by atoms with E-state index >= 15 is 0 Å². The molecule has 6 nitrogen and oxygen atoms in total. The lowest BCUT2D eigenvalue weighted by molar-refractivity contribution is -0.139. The van der Waals surface area contributed by atoms with Crippen LogP contribution in [0.25, 0.3) is 11.1 Å². The number of nitrogens with one attached hydrogen (secondary N) is 1. The maximum absolute atomic E-state index is 13.4. The van der Waals surface area contributed by atoms with Crippen LogP contribution in [-0.2, 0) is 10.9 Å². The number of carbonyl (C=O) groups excluding carboxylic acids is 1. The summed E-state index contributed by atoms with van der Waals surface area (Å²) in [4.78, 5) is 12.3. The quantitative estimate of drug-likeness (QED) is 0.480. The van der Waals surface area contributed by atoms with Crippen LogP contribution in [0.1, 0.15) is 39.8 Å². The molecule has 3 aromatic rings. The topological polar surface area (TPSA) is 103 Å². The number of nitriles is 1. The predicted octanol–water partition coefficient (Wildman–Crippen LogP) is 4.51. The molecule has 2 unspecified atom stereocenters. The van der Waals surface area contributed by atoms with Gasteiger partial charge in [0.1, 0.15) is 18.8 Å². The van der Waals surface area contributed by atoms with E-state index in [0.29, 0.717) is 6.07 Å². The van der Waals surface area contributed by atoms with Gasteiger partial charge < -0.3 is 20.3 Å². The van der Waals surface area contributed by atoms with Crippen molar-refractivity contribution in [2.24, 2.45) is 0 Å². The van der Waals surface area contributed by atoms with Crippen LogP contribution in [0.5, 0.6) is 0 Å². The Morgan fingerprint density at radius 2 is 1.63 bits per heavy atom. The molecule has 0 saturated carbocycles. The van der Waals surface area contributed by atoms with Crippen molar-refractivity contribution in [3.8, 4) is 17.2 Å². The van der Waals surface area contributed by atoms with Gasteiger partial charge in [-0.1, -0.05) is 54.6 Å². The molecule has 3 N–H and O–H groups in total. The monoisotopic (exact) mass is 482 g/mol. The number of benzene rings is 3. The summed E-state index contributed by atoms with van der Waals surface area (Å²) >= 11 is 0. The molecule has 9 heteroatoms. The number of hydrogen-bond donors (Lipinski definition) is 3. The van der Waals surface area contributed by atoms with Crippen LogP contribution in [0.2, 0.25) is 0 Å². The minimum absolute atomic E-state index is 0.0202. The summed E-state index contributed by atoms with van der Waals surface area (Å²) in [6.45, 7) is -0.526. The van der Waals surface area contributed by atoms with Crippen LogP contribution in [0, 0.1) is 11.3 Å². The number of hydrogen-bond acceptors (Lipinski definition) is 5. The van der Waals surface area contributed by atoms with Crippen molar-refractivity contribution in [2.45, 2.75) is 24.3 Å². The summed E-state index contributed by atoms with van der Waals surface area (Å²) < 4.78 is 45.4. The Hall–Kier alpha value is -3.87. The van der Waals surface area contributed by atoms with E-state index in [-0.39, 0.29) is 18.1 Å². The summed E-state index contributed by atoms with van der Waals surface area (Å²) in [5, 5.41) is 31.7. The number of rotatable bonds is 6. The first-order valence-electron chi connectivity index (χ1n) is 10.8. The van der Waals surface area contributed by atoms with Gasteiger partial charge in [-0.15, -0.1) is 0 Å². The molecule has 0 saturated heterocycles. The molecular weight excluding hydrogens is 461 g/mol. The molecule has 0 aliphatic heterocycles. The van der Waals surface area contributed by atoms with E-state index in [4.69, 9.17) is 10.00 Å². The van der Waals surface area contributed by atoms with E-state index in [2.05, 4.69) is 5.32 Å². The Bertz CT molecular complexity index is 1240. The summed E-state index contributed by atoms with van der Waals surface area (Å²) in [6.07, 6.45) is -9.42. The number of alkyl carbamates (subject to hydrolysis) is 1. The molecule has 2 atom stereocenters. The lowest BCUT2D eigenvalue weighted by atomic mass is 9.96. The van der Waals surface area contributed by atoms with Crippen molar-refractivity contribution in [1.29, 1.82) is 5.26 Å². The molecule has 0 radical (unpaired) electrons. The van der Waals surface area contributed by atoms with E-state index in [9.17, 15) is 28.2 Å². The highest BCUT2D eigenvalue weighted by Gasteiger charge is 2.37. The average Bonchev–Trinajstić information content (AvgIpc) is 3.18. The normalized spacial score (nSPS) is 14.4. The Morgan fingerprint density at radius 1 is 1.03 bits per heavy atom. The molecule has 1 amide bonds. The fourth-order valence-electron chi connectivity index (χ4n) is 4.29. The summed E-state index contributed by atoms with van der Waals surface area (Å²) in [6, 6.07) is 19.8. The van der Waals surface area contributed by atoms with Crippen LogP contribution in [0.15, 0.2) is 66.7 Å². The van der Waals surface area contributed by atoms with Gasteiger partial charge in [0.15, 0.2) is 0 Å². The van der Waals surface area contributed by atoms with Crippen molar-refractivity contribution in [2.75, 3.05) is 13.2 Å². The lowest BCUT2D eigenvalue weighted by Gasteiger charge is -2.22. The van der Waals surface area contributed by atoms with Gasteiger partial charge in [-0.2, -0.15) is 18.4 Å². The van der Waals surface area contributed by atoms with Crippen molar-refractivity contribution in [3.63, 3.8) is 0 Å². The second kappa shape index (κ2) is 9.78. The maximum Gasteiger partial charge on any atom is 0.416 e. The Morgan fingerprint density at radius 3 is 2.20 bits per heavy atom. The summed E-state index contributed by atoms with van der Waals surface area (Å²) in [5.74, 6) is -0.184. The molecule has 0 spiro atoms. The molecule has 0 fully saturated rings. The fraction of sp³-hybridized carbons (Fsp3) is 0.231. The van der Waals surface area contributed by atoms with Crippen molar-refractivity contribution in [1.82, 2.24) is 5.32 Å². The van der Waals surface area contributed by atoms with E-state index in [0.717, 1.165) is 34.4 Å². The van der Waals surface area contributed by atoms with Crippen molar-refractivity contribution >= 4 is 6.09 Å². The number of carbonyl (C=O) groups is 1. The average molecular weight is 482 g/mol. The standard InChI is InChI=1S/C26H21F3N2O4/c27-26(28,29)22-11-15(12-30)9-10-20(22)24(33)23(32)13-31-25(34)35-14-21-18-7-3-1-5-16(18)17-6-2-4-8-19(17)21/h1-11,21,23-24,32-33H,13-14H2,(H,31,34). The van der Waals surface area contributed by atoms with Gasteiger partial charge in [0.25, 0.3) is 0 Å². The van der Waals surface area contributed by atoms with Crippen LogP contribution in [0.4, 0.5) is 18.0 Å². The van der Waals surface area contributed by atoms with Crippen molar-refractivity contribution in [3.05, 3.63) is 94.5 Å². The minimum atomic E-state index is -4.84. The van der Waals surface area contributed by atoms with Gasteiger partial charge in [-0.05, 0) is 39.9 Å². The molecule has 3 aromatic carbocycles. The third kappa shape index (κ3) is 4.99. The van der Waals surface area contributed by atoms with Gasteiger partial charge in [-0.3, -0.25) is 0 Å². The molecule has 180 valence electrons. The molecule has 35 heavy (non-hydrogen) atoms.